The smallest absolute Gasteiger partial charge is 0.326 e. The van der Waals surface area contributed by atoms with Crippen molar-refractivity contribution in [2.45, 2.75) is 64.7 Å². The van der Waals surface area contributed by atoms with E-state index in [1.165, 1.54) is 0 Å². The predicted octanol–water partition coefficient (Wildman–Crippen LogP) is 1.74. The molecule has 0 aliphatic carbocycles. The van der Waals surface area contributed by atoms with E-state index < -0.39 is 18.0 Å². The van der Waals surface area contributed by atoms with Crippen LogP contribution in [0.25, 0.3) is 0 Å². The molecule has 0 aromatic carbocycles. The Morgan fingerprint density at radius 1 is 1.40 bits per heavy atom. The minimum absolute atomic E-state index is 0.00382. The molecule has 20 heavy (non-hydrogen) atoms. The number of hydrogen-bond donors (Lipinski definition) is 3. The third-order valence-corrected chi connectivity index (χ3v) is 3.35. The fourth-order valence-corrected chi connectivity index (χ4v) is 2.33. The molecule has 0 spiro atoms. The van der Waals surface area contributed by atoms with Crippen LogP contribution in [0.1, 0.15) is 47.0 Å². The van der Waals surface area contributed by atoms with Crippen LogP contribution in [0.15, 0.2) is 0 Å². The summed E-state index contributed by atoms with van der Waals surface area (Å²) >= 11 is 0. The Hall–Kier alpha value is -1.30. The molecule has 2 atom stereocenters. The first-order valence-corrected chi connectivity index (χ1v) is 7.14. The van der Waals surface area contributed by atoms with Crippen LogP contribution in [-0.2, 0) is 9.53 Å². The van der Waals surface area contributed by atoms with Crippen molar-refractivity contribution in [3.8, 4) is 0 Å². The van der Waals surface area contributed by atoms with Gasteiger partial charge in [-0.2, -0.15) is 0 Å². The molecule has 1 aliphatic rings. The van der Waals surface area contributed by atoms with Crippen molar-refractivity contribution in [3.63, 3.8) is 0 Å². The van der Waals surface area contributed by atoms with Crippen LogP contribution in [-0.4, -0.2) is 41.4 Å². The SMILES string of the molecule is CC(C)CC(NC(=O)NCC1CCC(C)(C)O1)C(=O)O. The van der Waals surface area contributed by atoms with Crippen molar-refractivity contribution in [2.75, 3.05) is 6.54 Å². The zero-order valence-electron chi connectivity index (χ0n) is 12.7. The Morgan fingerprint density at radius 3 is 2.50 bits per heavy atom. The number of carboxylic acid groups (broad SMARTS) is 1. The van der Waals surface area contributed by atoms with Gasteiger partial charge in [0.25, 0.3) is 0 Å². The van der Waals surface area contributed by atoms with Gasteiger partial charge in [0.05, 0.1) is 11.7 Å². The van der Waals surface area contributed by atoms with Crippen LogP contribution in [0.4, 0.5) is 4.79 Å². The number of ether oxygens (including phenoxy) is 1. The highest BCUT2D eigenvalue weighted by atomic mass is 16.5. The minimum atomic E-state index is -1.01. The number of rotatable bonds is 6. The highest BCUT2D eigenvalue weighted by molar-refractivity contribution is 5.82. The second kappa shape index (κ2) is 6.92. The van der Waals surface area contributed by atoms with Crippen LogP contribution in [0.2, 0.25) is 0 Å². The van der Waals surface area contributed by atoms with E-state index in [1.54, 1.807) is 0 Å². The number of nitrogens with one attached hydrogen (secondary N) is 2. The van der Waals surface area contributed by atoms with E-state index in [-0.39, 0.29) is 17.6 Å². The molecule has 116 valence electrons. The van der Waals surface area contributed by atoms with Crippen LogP contribution in [0, 0.1) is 5.92 Å². The zero-order chi connectivity index (χ0) is 15.3. The molecule has 0 bridgehead atoms. The molecule has 6 heteroatoms. The van der Waals surface area contributed by atoms with Gasteiger partial charge in [-0.05, 0) is 39.0 Å². The molecule has 6 nitrogen and oxygen atoms in total. The van der Waals surface area contributed by atoms with Gasteiger partial charge in [0.2, 0.25) is 0 Å². The van der Waals surface area contributed by atoms with Crippen LogP contribution in [0.5, 0.6) is 0 Å². The molecule has 1 heterocycles. The van der Waals surface area contributed by atoms with E-state index in [0.29, 0.717) is 13.0 Å². The number of hydrogen-bond acceptors (Lipinski definition) is 3. The average Bonchev–Trinajstić information content (AvgIpc) is 2.65. The topological polar surface area (TPSA) is 87.7 Å². The van der Waals surface area contributed by atoms with Crippen LogP contribution in [0.3, 0.4) is 0 Å². The average molecular weight is 286 g/mol. The minimum Gasteiger partial charge on any atom is -0.480 e. The maximum atomic E-state index is 11.7. The fourth-order valence-electron chi connectivity index (χ4n) is 2.33. The summed E-state index contributed by atoms with van der Waals surface area (Å²) in [6.45, 7) is 8.30. The lowest BCUT2D eigenvalue weighted by Crippen LogP contribution is -2.48. The van der Waals surface area contributed by atoms with Gasteiger partial charge >= 0.3 is 12.0 Å². The molecule has 0 saturated carbocycles. The van der Waals surface area contributed by atoms with E-state index in [4.69, 9.17) is 9.84 Å². The fraction of sp³-hybridized carbons (Fsp3) is 0.857. The molecule has 1 rings (SSSR count). The highest BCUT2D eigenvalue weighted by Gasteiger charge is 2.31. The lowest BCUT2D eigenvalue weighted by molar-refractivity contribution is -0.139. The van der Waals surface area contributed by atoms with Gasteiger partial charge in [-0.1, -0.05) is 13.8 Å². The Kier molecular flexibility index (Phi) is 5.80. The molecule has 0 aromatic rings. The first-order chi connectivity index (χ1) is 9.19. The summed E-state index contributed by atoms with van der Waals surface area (Å²) in [5.41, 5.74) is -0.135. The van der Waals surface area contributed by atoms with Gasteiger partial charge in [0.15, 0.2) is 0 Å². The van der Waals surface area contributed by atoms with Gasteiger partial charge < -0.3 is 20.5 Å². The molecule has 2 amide bonds. The lowest BCUT2D eigenvalue weighted by Gasteiger charge is -2.20. The van der Waals surface area contributed by atoms with Crippen LogP contribution >= 0.6 is 0 Å². The van der Waals surface area contributed by atoms with E-state index in [0.717, 1.165) is 12.8 Å². The normalized spacial score (nSPS) is 22.6. The molecule has 2 unspecified atom stereocenters. The first kappa shape index (κ1) is 16.8. The van der Waals surface area contributed by atoms with Crippen molar-refractivity contribution < 1.29 is 19.4 Å². The van der Waals surface area contributed by atoms with Crippen molar-refractivity contribution >= 4 is 12.0 Å². The third kappa shape index (κ3) is 5.77. The molecule has 0 radical (unpaired) electrons. The third-order valence-electron chi connectivity index (χ3n) is 3.35. The van der Waals surface area contributed by atoms with E-state index >= 15 is 0 Å². The number of urea groups is 1. The molecule has 3 N–H and O–H groups in total. The van der Waals surface area contributed by atoms with Gasteiger partial charge in [-0.25, -0.2) is 9.59 Å². The van der Waals surface area contributed by atoms with E-state index in [2.05, 4.69) is 10.6 Å². The van der Waals surface area contributed by atoms with Crippen LogP contribution < -0.4 is 10.6 Å². The summed E-state index contributed by atoms with van der Waals surface area (Å²) in [6, 6.07) is -1.30. The summed E-state index contributed by atoms with van der Waals surface area (Å²) in [5, 5.41) is 14.2. The molecule has 1 aliphatic heterocycles. The van der Waals surface area contributed by atoms with Crippen molar-refractivity contribution in [2.24, 2.45) is 5.92 Å². The van der Waals surface area contributed by atoms with E-state index in [9.17, 15) is 9.59 Å². The summed E-state index contributed by atoms with van der Waals surface area (Å²) in [6.07, 6.45) is 2.28. The van der Waals surface area contributed by atoms with E-state index in [1.807, 2.05) is 27.7 Å². The molecular formula is C14H26N2O4. The van der Waals surface area contributed by atoms with Gasteiger partial charge in [0.1, 0.15) is 6.04 Å². The zero-order valence-corrected chi connectivity index (χ0v) is 12.7. The number of carbonyl (C=O) groups is 2. The largest absolute Gasteiger partial charge is 0.480 e. The van der Waals surface area contributed by atoms with Gasteiger partial charge in [-0.15, -0.1) is 0 Å². The second-order valence-corrected chi connectivity index (χ2v) is 6.41. The molecule has 1 saturated heterocycles. The number of aliphatic carboxylic acids is 1. The Morgan fingerprint density at radius 2 is 2.05 bits per heavy atom. The van der Waals surface area contributed by atoms with Gasteiger partial charge in [0, 0.05) is 6.54 Å². The first-order valence-electron chi connectivity index (χ1n) is 7.14. The summed E-state index contributed by atoms with van der Waals surface area (Å²) in [7, 11) is 0. The summed E-state index contributed by atoms with van der Waals surface area (Å²) in [4.78, 5) is 22.8. The molecule has 1 fully saturated rings. The Bertz CT molecular complexity index is 355. The van der Waals surface area contributed by atoms with Gasteiger partial charge in [-0.3, -0.25) is 0 Å². The highest BCUT2D eigenvalue weighted by Crippen LogP contribution is 2.28. The maximum absolute atomic E-state index is 11.7. The number of carboxylic acids is 1. The Labute approximate surface area is 120 Å². The lowest BCUT2D eigenvalue weighted by atomic mass is 10.0. The summed E-state index contributed by atoms with van der Waals surface area (Å²) < 4.78 is 5.76. The standard InChI is InChI=1S/C14H26N2O4/c1-9(2)7-11(12(17)18)16-13(19)15-8-10-5-6-14(3,4)20-10/h9-11H,5-8H2,1-4H3,(H,17,18)(H2,15,16,19). The summed E-state index contributed by atoms with van der Waals surface area (Å²) in [5.74, 6) is -0.803. The van der Waals surface area contributed by atoms with Crippen molar-refractivity contribution in [3.05, 3.63) is 0 Å². The molecular weight excluding hydrogens is 260 g/mol. The predicted molar refractivity (Wildman–Crippen MR) is 75.6 cm³/mol. The quantitative estimate of drug-likeness (QED) is 0.694. The number of amides is 2. The maximum Gasteiger partial charge on any atom is 0.326 e. The number of carbonyl (C=O) groups excluding carboxylic acids is 1. The molecule has 0 aromatic heterocycles. The Balaban J connectivity index is 2.33. The van der Waals surface area contributed by atoms with Crippen molar-refractivity contribution in [1.29, 1.82) is 0 Å². The van der Waals surface area contributed by atoms with Crippen molar-refractivity contribution in [1.82, 2.24) is 10.6 Å². The monoisotopic (exact) mass is 286 g/mol. The second-order valence-electron chi connectivity index (χ2n) is 6.41.